The zero-order valence-electron chi connectivity index (χ0n) is 16.9. The fourth-order valence-electron chi connectivity index (χ4n) is 3.88. The summed E-state index contributed by atoms with van der Waals surface area (Å²) in [5, 5.41) is 2.12. The van der Waals surface area contributed by atoms with Crippen LogP contribution in [-0.2, 0) is 16.0 Å². The van der Waals surface area contributed by atoms with Crippen LogP contribution >= 0.6 is 11.3 Å². The first kappa shape index (κ1) is 20.6. The van der Waals surface area contributed by atoms with Crippen molar-refractivity contribution in [2.45, 2.75) is 52.0 Å². The van der Waals surface area contributed by atoms with Crippen LogP contribution in [0.2, 0.25) is 0 Å². The van der Waals surface area contributed by atoms with Crippen molar-refractivity contribution in [3.8, 4) is 0 Å². The lowest BCUT2D eigenvalue weighted by atomic mass is 9.93. The molecule has 3 rings (SSSR count). The minimum atomic E-state index is -0.0575. The van der Waals surface area contributed by atoms with Crippen molar-refractivity contribution in [1.29, 1.82) is 0 Å². The number of hydrogen-bond donors (Lipinski definition) is 0. The summed E-state index contributed by atoms with van der Waals surface area (Å²) >= 11 is 1.77. The average molecular weight is 399 g/mol. The highest BCUT2D eigenvalue weighted by atomic mass is 32.1. The molecule has 0 saturated carbocycles. The predicted octanol–water partition coefficient (Wildman–Crippen LogP) is 4.65. The summed E-state index contributed by atoms with van der Waals surface area (Å²) in [6, 6.07) is 12.3. The molecule has 0 aliphatic carbocycles. The van der Waals surface area contributed by atoms with Crippen LogP contribution in [0.5, 0.6) is 0 Å². The quantitative estimate of drug-likeness (QED) is 0.649. The molecule has 0 spiro atoms. The van der Waals surface area contributed by atoms with Gasteiger partial charge in [-0.1, -0.05) is 50.6 Å². The Morgan fingerprint density at radius 3 is 2.64 bits per heavy atom. The summed E-state index contributed by atoms with van der Waals surface area (Å²) in [6.07, 6.45) is 4.15. The predicted molar refractivity (Wildman–Crippen MR) is 114 cm³/mol. The Labute approximate surface area is 172 Å². The maximum Gasteiger partial charge on any atom is 0.242 e. The molecule has 0 N–H and O–H groups in total. The SMILES string of the molecule is CCCCC(=O)N(CCC)CC(=O)N1CCc2sccc2[C@@H]1c1ccccc1. The van der Waals surface area contributed by atoms with Crippen LogP contribution < -0.4 is 0 Å². The summed E-state index contributed by atoms with van der Waals surface area (Å²) < 4.78 is 0. The molecule has 2 heterocycles. The number of benzene rings is 1. The fourth-order valence-corrected chi connectivity index (χ4v) is 4.79. The lowest BCUT2D eigenvalue weighted by Gasteiger charge is -2.37. The first-order valence-electron chi connectivity index (χ1n) is 10.3. The molecule has 5 heteroatoms. The second-order valence-electron chi connectivity index (χ2n) is 7.37. The molecule has 1 aliphatic rings. The first-order valence-corrected chi connectivity index (χ1v) is 11.2. The van der Waals surface area contributed by atoms with Gasteiger partial charge in [-0.25, -0.2) is 0 Å². The third-order valence-electron chi connectivity index (χ3n) is 5.32. The Bertz CT molecular complexity index is 787. The van der Waals surface area contributed by atoms with Crippen LogP contribution in [0.15, 0.2) is 41.8 Å². The monoisotopic (exact) mass is 398 g/mol. The molecule has 0 bridgehead atoms. The molecule has 1 aliphatic heterocycles. The van der Waals surface area contributed by atoms with Crippen molar-refractivity contribution in [3.05, 3.63) is 57.8 Å². The standard InChI is InChI=1S/C23H30N2O2S/c1-3-5-11-21(26)24(14-4-2)17-22(27)25-15-12-20-19(13-16-28-20)23(25)18-9-7-6-8-10-18/h6-10,13,16,23H,3-5,11-12,14-15,17H2,1-2H3/t23-/m0/s1. The van der Waals surface area contributed by atoms with E-state index in [2.05, 4.69) is 37.4 Å². The zero-order valence-corrected chi connectivity index (χ0v) is 17.7. The molecule has 0 unspecified atom stereocenters. The molecular formula is C23H30N2O2S. The van der Waals surface area contributed by atoms with E-state index in [0.29, 0.717) is 19.5 Å². The van der Waals surface area contributed by atoms with Gasteiger partial charge in [0.25, 0.3) is 0 Å². The minimum absolute atomic E-state index is 0.0454. The second-order valence-corrected chi connectivity index (χ2v) is 8.37. The lowest BCUT2D eigenvalue weighted by molar-refractivity contribution is -0.141. The van der Waals surface area contributed by atoms with E-state index in [0.717, 1.165) is 31.2 Å². The van der Waals surface area contributed by atoms with Gasteiger partial charge in [-0.05, 0) is 41.8 Å². The Morgan fingerprint density at radius 2 is 1.93 bits per heavy atom. The second kappa shape index (κ2) is 9.87. The van der Waals surface area contributed by atoms with Gasteiger partial charge in [0.15, 0.2) is 0 Å². The van der Waals surface area contributed by atoms with Crippen LogP contribution in [0, 0.1) is 0 Å². The van der Waals surface area contributed by atoms with Gasteiger partial charge in [0.1, 0.15) is 0 Å². The highest BCUT2D eigenvalue weighted by Gasteiger charge is 2.33. The number of nitrogens with zero attached hydrogens (tertiary/aromatic N) is 2. The van der Waals surface area contributed by atoms with E-state index in [1.165, 1.54) is 10.4 Å². The van der Waals surface area contributed by atoms with Crippen LogP contribution in [0.1, 0.15) is 61.6 Å². The molecule has 1 aromatic heterocycles. The van der Waals surface area contributed by atoms with Gasteiger partial charge in [-0.3, -0.25) is 9.59 Å². The van der Waals surface area contributed by atoms with Gasteiger partial charge in [0.2, 0.25) is 11.8 Å². The van der Waals surface area contributed by atoms with Crippen molar-refractivity contribution < 1.29 is 9.59 Å². The number of carbonyl (C=O) groups is 2. The third kappa shape index (κ3) is 4.64. The number of carbonyl (C=O) groups excluding carboxylic acids is 2. The Kier molecular flexibility index (Phi) is 7.26. The molecule has 1 aromatic carbocycles. The third-order valence-corrected chi connectivity index (χ3v) is 6.31. The van der Waals surface area contributed by atoms with E-state index < -0.39 is 0 Å². The average Bonchev–Trinajstić information content (AvgIpc) is 3.20. The topological polar surface area (TPSA) is 40.6 Å². The summed E-state index contributed by atoms with van der Waals surface area (Å²) in [4.78, 5) is 31.0. The number of thiophene rings is 1. The molecule has 0 saturated heterocycles. The molecule has 1 atom stereocenters. The smallest absolute Gasteiger partial charge is 0.242 e. The largest absolute Gasteiger partial charge is 0.333 e. The van der Waals surface area contributed by atoms with Gasteiger partial charge < -0.3 is 9.80 Å². The summed E-state index contributed by atoms with van der Waals surface area (Å²) in [6.45, 7) is 5.66. The molecular weight excluding hydrogens is 368 g/mol. The van der Waals surface area contributed by atoms with Crippen LogP contribution in [0.3, 0.4) is 0 Å². The van der Waals surface area contributed by atoms with Crippen molar-refractivity contribution in [2.75, 3.05) is 19.6 Å². The van der Waals surface area contributed by atoms with Gasteiger partial charge in [-0.2, -0.15) is 0 Å². The Hall–Kier alpha value is -2.14. The molecule has 2 aromatic rings. The lowest BCUT2D eigenvalue weighted by Crippen LogP contribution is -2.47. The van der Waals surface area contributed by atoms with E-state index in [9.17, 15) is 9.59 Å². The molecule has 150 valence electrons. The normalized spacial score (nSPS) is 15.9. The molecule has 0 radical (unpaired) electrons. The number of amides is 2. The number of fused-ring (bicyclic) bond motifs is 1. The van der Waals surface area contributed by atoms with E-state index in [4.69, 9.17) is 0 Å². The van der Waals surface area contributed by atoms with Crippen LogP contribution in [0.4, 0.5) is 0 Å². The van der Waals surface area contributed by atoms with Crippen molar-refractivity contribution in [1.82, 2.24) is 9.80 Å². The summed E-state index contributed by atoms with van der Waals surface area (Å²) in [7, 11) is 0. The number of hydrogen-bond acceptors (Lipinski definition) is 3. The number of unbranched alkanes of at least 4 members (excludes halogenated alkanes) is 1. The van der Waals surface area contributed by atoms with Gasteiger partial charge in [0, 0.05) is 24.4 Å². The maximum atomic E-state index is 13.3. The number of rotatable bonds is 8. The van der Waals surface area contributed by atoms with Gasteiger partial charge in [0.05, 0.1) is 12.6 Å². The molecule has 0 fully saturated rings. The van der Waals surface area contributed by atoms with Crippen LogP contribution in [-0.4, -0.2) is 41.2 Å². The zero-order chi connectivity index (χ0) is 19.9. The van der Waals surface area contributed by atoms with Crippen molar-refractivity contribution in [3.63, 3.8) is 0 Å². The highest BCUT2D eigenvalue weighted by molar-refractivity contribution is 7.10. The van der Waals surface area contributed by atoms with Gasteiger partial charge >= 0.3 is 0 Å². The molecule has 2 amide bonds. The summed E-state index contributed by atoms with van der Waals surface area (Å²) in [5.41, 5.74) is 2.37. The van der Waals surface area contributed by atoms with Gasteiger partial charge in [-0.15, -0.1) is 11.3 Å². The van der Waals surface area contributed by atoms with E-state index >= 15 is 0 Å². The van der Waals surface area contributed by atoms with E-state index in [1.807, 2.05) is 23.1 Å². The first-order chi connectivity index (χ1) is 13.7. The minimum Gasteiger partial charge on any atom is -0.333 e. The van der Waals surface area contributed by atoms with E-state index in [-0.39, 0.29) is 24.4 Å². The summed E-state index contributed by atoms with van der Waals surface area (Å²) in [5.74, 6) is 0.144. The van der Waals surface area contributed by atoms with Crippen molar-refractivity contribution >= 4 is 23.2 Å². The highest BCUT2D eigenvalue weighted by Crippen LogP contribution is 2.37. The Morgan fingerprint density at radius 1 is 1.14 bits per heavy atom. The molecule has 4 nitrogen and oxygen atoms in total. The van der Waals surface area contributed by atoms with E-state index in [1.54, 1.807) is 16.2 Å². The Balaban J connectivity index is 1.81. The molecule has 28 heavy (non-hydrogen) atoms. The maximum absolute atomic E-state index is 13.3. The van der Waals surface area contributed by atoms with Crippen LogP contribution in [0.25, 0.3) is 0 Å². The van der Waals surface area contributed by atoms with Crippen molar-refractivity contribution in [2.24, 2.45) is 0 Å². The fraction of sp³-hybridized carbons (Fsp3) is 0.478.